The number of hydrogen-bond acceptors (Lipinski definition) is 3. The maximum Gasteiger partial charge on any atom is 0.311 e. The predicted molar refractivity (Wildman–Crippen MR) is 87.5 cm³/mol. The first-order valence-electron chi connectivity index (χ1n) is 7.34. The molecule has 6 heteroatoms. The second-order valence-electron chi connectivity index (χ2n) is 5.66. The fourth-order valence-electron chi connectivity index (χ4n) is 3.06. The highest BCUT2D eigenvalue weighted by atomic mass is 79.9. The molecule has 23 heavy (non-hydrogen) atoms. The number of carboxylic acid groups (broad SMARTS) is 1. The first-order valence-corrected chi connectivity index (χ1v) is 8.13. The van der Waals surface area contributed by atoms with E-state index in [4.69, 9.17) is 9.52 Å². The summed E-state index contributed by atoms with van der Waals surface area (Å²) < 4.78 is 6.28. The Kier molecular flexibility index (Phi) is 4.26. The number of carbonyl (C=O) groups excluding carboxylic acids is 1. The molecule has 1 heterocycles. The molecule has 0 aliphatic heterocycles. The van der Waals surface area contributed by atoms with Crippen molar-refractivity contribution in [3.05, 3.63) is 56.9 Å². The van der Waals surface area contributed by atoms with Crippen molar-refractivity contribution in [2.45, 2.75) is 32.2 Å². The number of rotatable bonds is 4. The van der Waals surface area contributed by atoms with E-state index in [2.05, 4.69) is 21.2 Å². The maximum atomic E-state index is 12.6. The number of halogens is 1. The Morgan fingerprint density at radius 1 is 1.43 bits per heavy atom. The van der Waals surface area contributed by atoms with Crippen molar-refractivity contribution in [1.29, 1.82) is 0 Å². The van der Waals surface area contributed by atoms with Gasteiger partial charge in [-0.3, -0.25) is 9.59 Å². The molecule has 5 nitrogen and oxygen atoms in total. The first-order chi connectivity index (χ1) is 11.0. The van der Waals surface area contributed by atoms with E-state index >= 15 is 0 Å². The fourth-order valence-corrected chi connectivity index (χ4v) is 3.64. The molecule has 0 spiro atoms. The van der Waals surface area contributed by atoms with Gasteiger partial charge >= 0.3 is 5.97 Å². The number of nitrogens with one attached hydrogen (secondary N) is 1. The average Bonchev–Trinajstić information content (AvgIpc) is 3.04. The van der Waals surface area contributed by atoms with Gasteiger partial charge in [-0.2, -0.15) is 0 Å². The molecule has 1 atom stereocenters. The van der Waals surface area contributed by atoms with E-state index in [9.17, 15) is 9.59 Å². The molecule has 2 aromatic rings. The van der Waals surface area contributed by atoms with Gasteiger partial charge in [0, 0.05) is 10.0 Å². The lowest BCUT2D eigenvalue weighted by atomic mass is 10.1. The van der Waals surface area contributed by atoms with Crippen LogP contribution in [0.4, 0.5) is 0 Å². The quantitative estimate of drug-likeness (QED) is 0.855. The summed E-state index contributed by atoms with van der Waals surface area (Å²) in [5.41, 5.74) is 3.29. The van der Waals surface area contributed by atoms with Crippen LogP contribution in [-0.4, -0.2) is 17.0 Å². The number of amides is 1. The van der Waals surface area contributed by atoms with Crippen molar-refractivity contribution in [2.75, 3.05) is 0 Å². The number of hydrogen-bond donors (Lipinski definition) is 2. The first kappa shape index (κ1) is 15.8. The molecule has 1 aromatic carbocycles. The standard InChI is InChI=1S/C17H16BrNO4/c1-9-8-23-14(7-15(20)21)16(9)17(22)19-13-6-5-10-11(13)3-2-4-12(10)18/h2-4,8,13H,5-7H2,1H3,(H,19,22)(H,20,21). The number of carboxylic acids is 1. The number of benzene rings is 1. The van der Waals surface area contributed by atoms with Crippen molar-refractivity contribution >= 4 is 27.8 Å². The van der Waals surface area contributed by atoms with Crippen LogP contribution in [0.5, 0.6) is 0 Å². The van der Waals surface area contributed by atoms with Gasteiger partial charge in [-0.15, -0.1) is 0 Å². The molecule has 1 aromatic heterocycles. The summed E-state index contributed by atoms with van der Waals surface area (Å²) >= 11 is 3.54. The second kappa shape index (κ2) is 6.20. The van der Waals surface area contributed by atoms with Crippen LogP contribution >= 0.6 is 15.9 Å². The summed E-state index contributed by atoms with van der Waals surface area (Å²) in [4.78, 5) is 23.5. The molecule has 0 saturated heterocycles. The zero-order valence-electron chi connectivity index (χ0n) is 12.6. The Balaban J connectivity index is 1.83. The highest BCUT2D eigenvalue weighted by molar-refractivity contribution is 9.10. The third-order valence-electron chi connectivity index (χ3n) is 4.11. The molecule has 0 bridgehead atoms. The summed E-state index contributed by atoms with van der Waals surface area (Å²) in [6.45, 7) is 1.74. The largest absolute Gasteiger partial charge is 0.481 e. The summed E-state index contributed by atoms with van der Waals surface area (Å²) in [6.07, 6.45) is 2.85. The normalized spacial score (nSPS) is 16.2. The van der Waals surface area contributed by atoms with Gasteiger partial charge in [0.05, 0.1) is 17.9 Å². The van der Waals surface area contributed by atoms with Crippen molar-refractivity contribution in [3.8, 4) is 0 Å². The van der Waals surface area contributed by atoms with Crippen LogP contribution in [0.2, 0.25) is 0 Å². The molecule has 120 valence electrons. The van der Waals surface area contributed by atoms with Gasteiger partial charge in [0.25, 0.3) is 5.91 Å². The molecule has 1 aliphatic rings. The van der Waals surface area contributed by atoms with E-state index in [0.29, 0.717) is 11.1 Å². The smallest absolute Gasteiger partial charge is 0.311 e. The van der Waals surface area contributed by atoms with Crippen molar-refractivity contribution in [2.24, 2.45) is 0 Å². The van der Waals surface area contributed by atoms with Gasteiger partial charge in [-0.1, -0.05) is 28.1 Å². The second-order valence-corrected chi connectivity index (χ2v) is 6.51. The predicted octanol–water partition coefficient (Wildman–Crippen LogP) is 3.39. The van der Waals surface area contributed by atoms with Gasteiger partial charge < -0.3 is 14.8 Å². The van der Waals surface area contributed by atoms with Crippen LogP contribution in [0.15, 0.2) is 33.4 Å². The van der Waals surface area contributed by atoms with E-state index in [1.165, 1.54) is 11.8 Å². The van der Waals surface area contributed by atoms with Gasteiger partial charge in [0.1, 0.15) is 12.2 Å². The van der Waals surface area contributed by atoms with E-state index in [0.717, 1.165) is 22.9 Å². The van der Waals surface area contributed by atoms with Gasteiger partial charge in [-0.05, 0) is 37.0 Å². The van der Waals surface area contributed by atoms with Crippen LogP contribution < -0.4 is 5.32 Å². The van der Waals surface area contributed by atoms with E-state index in [-0.39, 0.29) is 24.1 Å². The molecule has 0 fully saturated rings. The minimum Gasteiger partial charge on any atom is -0.481 e. The van der Waals surface area contributed by atoms with Crippen molar-refractivity contribution in [3.63, 3.8) is 0 Å². The van der Waals surface area contributed by atoms with Gasteiger partial charge in [-0.25, -0.2) is 0 Å². The van der Waals surface area contributed by atoms with Crippen LogP contribution in [0.1, 0.15) is 45.3 Å². The molecule has 0 radical (unpaired) electrons. The number of aryl methyl sites for hydroxylation is 1. The minimum absolute atomic E-state index is 0.0676. The van der Waals surface area contributed by atoms with Crippen LogP contribution in [-0.2, 0) is 17.6 Å². The van der Waals surface area contributed by atoms with Crippen LogP contribution in [0.3, 0.4) is 0 Å². The lowest BCUT2D eigenvalue weighted by Crippen LogP contribution is -2.28. The molecule has 1 amide bonds. The topological polar surface area (TPSA) is 79.5 Å². The Hall–Kier alpha value is -2.08. The van der Waals surface area contributed by atoms with Gasteiger partial charge in [0.15, 0.2) is 0 Å². The Labute approximate surface area is 141 Å². The number of fused-ring (bicyclic) bond motifs is 1. The third kappa shape index (κ3) is 3.03. The summed E-state index contributed by atoms with van der Waals surface area (Å²) in [5, 5.41) is 11.9. The number of carbonyl (C=O) groups is 2. The summed E-state index contributed by atoms with van der Waals surface area (Å²) in [6, 6.07) is 5.89. The third-order valence-corrected chi connectivity index (χ3v) is 4.85. The lowest BCUT2D eigenvalue weighted by molar-refractivity contribution is -0.136. The Morgan fingerprint density at radius 2 is 2.22 bits per heavy atom. The summed E-state index contributed by atoms with van der Waals surface area (Å²) in [7, 11) is 0. The van der Waals surface area contributed by atoms with Gasteiger partial charge in [0.2, 0.25) is 0 Å². The monoisotopic (exact) mass is 377 g/mol. The highest BCUT2D eigenvalue weighted by Gasteiger charge is 2.28. The molecular weight excluding hydrogens is 362 g/mol. The van der Waals surface area contributed by atoms with E-state index < -0.39 is 5.97 Å². The Bertz CT molecular complexity index is 781. The van der Waals surface area contributed by atoms with Crippen LogP contribution in [0, 0.1) is 6.92 Å². The van der Waals surface area contributed by atoms with E-state index in [1.54, 1.807) is 6.92 Å². The molecular formula is C17H16BrNO4. The molecule has 0 saturated carbocycles. The van der Waals surface area contributed by atoms with E-state index in [1.807, 2.05) is 18.2 Å². The average molecular weight is 378 g/mol. The number of furan rings is 1. The van der Waals surface area contributed by atoms with Crippen molar-refractivity contribution < 1.29 is 19.1 Å². The summed E-state index contributed by atoms with van der Waals surface area (Å²) in [5.74, 6) is -1.12. The zero-order valence-corrected chi connectivity index (χ0v) is 14.1. The lowest BCUT2D eigenvalue weighted by Gasteiger charge is -2.14. The number of aliphatic carboxylic acids is 1. The zero-order chi connectivity index (χ0) is 16.6. The highest BCUT2D eigenvalue weighted by Crippen LogP contribution is 2.36. The Morgan fingerprint density at radius 3 is 2.96 bits per heavy atom. The molecule has 2 N–H and O–H groups in total. The minimum atomic E-state index is -1.02. The fraction of sp³-hybridized carbons (Fsp3) is 0.294. The van der Waals surface area contributed by atoms with Crippen molar-refractivity contribution in [1.82, 2.24) is 5.32 Å². The molecule has 3 rings (SSSR count). The SMILES string of the molecule is Cc1coc(CC(=O)O)c1C(=O)NC1CCc2c(Br)cccc21. The van der Waals surface area contributed by atoms with Crippen LogP contribution in [0.25, 0.3) is 0 Å². The molecule has 1 aliphatic carbocycles. The maximum absolute atomic E-state index is 12.6. The molecule has 1 unspecified atom stereocenters.